The smallest absolute Gasteiger partial charge is 0.235 e. The minimum Gasteiger partial charge on any atom is -0.324 e. The maximum atomic E-state index is 5.56. The summed E-state index contributed by atoms with van der Waals surface area (Å²) in [6, 6.07) is 7.88. The Hall–Kier alpha value is -1.31. The molecule has 17 heavy (non-hydrogen) atoms. The molecule has 7 heteroatoms. The van der Waals surface area contributed by atoms with Gasteiger partial charge in [-0.2, -0.15) is 9.61 Å². The van der Waals surface area contributed by atoms with E-state index >= 15 is 0 Å². The van der Waals surface area contributed by atoms with Crippen molar-refractivity contribution >= 4 is 32.2 Å². The van der Waals surface area contributed by atoms with E-state index in [0.29, 0.717) is 6.54 Å². The Balaban J connectivity index is 2.19. The van der Waals surface area contributed by atoms with Gasteiger partial charge in [0.1, 0.15) is 5.01 Å². The second-order valence-corrected chi connectivity index (χ2v) is 5.38. The zero-order valence-corrected chi connectivity index (χ0v) is 11.1. The SMILES string of the molecule is NCc1nn2c(-c3cccc(Br)c3)nnc2s1. The molecule has 0 amide bonds. The van der Waals surface area contributed by atoms with Gasteiger partial charge in [-0.1, -0.05) is 39.4 Å². The van der Waals surface area contributed by atoms with Crippen LogP contribution in [0, 0.1) is 0 Å². The molecular formula is C10H8BrN5S. The van der Waals surface area contributed by atoms with Crippen molar-refractivity contribution in [1.82, 2.24) is 19.8 Å². The molecule has 0 radical (unpaired) electrons. The van der Waals surface area contributed by atoms with Crippen LogP contribution in [0.5, 0.6) is 0 Å². The predicted molar refractivity (Wildman–Crippen MR) is 69.7 cm³/mol. The third-order valence-corrected chi connectivity index (χ3v) is 3.70. The topological polar surface area (TPSA) is 69.1 Å². The summed E-state index contributed by atoms with van der Waals surface area (Å²) in [5.74, 6) is 0.734. The molecule has 0 aliphatic heterocycles. The first-order chi connectivity index (χ1) is 8.28. The molecule has 3 aromatic rings. The van der Waals surface area contributed by atoms with Gasteiger partial charge in [0, 0.05) is 16.6 Å². The van der Waals surface area contributed by atoms with E-state index < -0.39 is 0 Å². The van der Waals surface area contributed by atoms with Crippen molar-refractivity contribution in [3.05, 3.63) is 33.7 Å². The lowest BCUT2D eigenvalue weighted by atomic mass is 10.2. The molecule has 2 aromatic heterocycles. The molecule has 5 nitrogen and oxygen atoms in total. The van der Waals surface area contributed by atoms with Gasteiger partial charge in [-0.25, -0.2) is 0 Å². The van der Waals surface area contributed by atoms with E-state index in [1.807, 2.05) is 24.3 Å². The number of fused-ring (bicyclic) bond motifs is 1. The quantitative estimate of drug-likeness (QED) is 0.787. The van der Waals surface area contributed by atoms with E-state index in [-0.39, 0.29) is 0 Å². The van der Waals surface area contributed by atoms with Crippen LogP contribution in [-0.2, 0) is 6.54 Å². The van der Waals surface area contributed by atoms with Crippen LogP contribution in [0.25, 0.3) is 16.3 Å². The van der Waals surface area contributed by atoms with Crippen LogP contribution in [0.4, 0.5) is 0 Å². The Labute approximate surface area is 109 Å². The lowest BCUT2D eigenvalue weighted by Crippen LogP contribution is -1.97. The Morgan fingerprint density at radius 2 is 2.24 bits per heavy atom. The second-order valence-electron chi connectivity index (χ2n) is 3.43. The lowest BCUT2D eigenvalue weighted by molar-refractivity contribution is 0.894. The number of aromatic nitrogens is 4. The Bertz CT molecular complexity index is 674. The van der Waals surface area contributed by atoms with Gasteiger partial charge in [-0.05, 0) is 12.1 Å². The zero-order chi connectivity index (χ0) is 11.8. The normalized spacial score (nSPS) is 11.2. The number of hydrogen-bond donors (Lipinski definition) is 1. The van der Waals surface area contributed by atoms with Gasteiger partial charge in [-0.3, -0.25) is 0 Å². The van der Waals surface area contributed by atoms with Crippen LogP contribution in [0.1, 0.15) is 5.01 Å². The summed E-state index contributed by atoms with van der Waals surface area (Å²) in [7, 11) is 0. The van der Waals surface area contributed by atoms with E-state index in [1.165, 1.54) is 11.3 Å². The Morgan fingerprint density at radius 3 is 3.00 bits per heavy atom. The highest BCUT2D eigenvalue weighted by Crippen LogP contribution is 2.23. The Kier molecular flexibility index (Phi) is 2.65. The molecule has 0 aliphatic rings. The first-order valence-electron chi connectivity index (χ1n) is 4.95. The molecule has 3 rings (SSSR count). The minimum atomic E-state index is 0.423. The van der Waals surface area contributed by atoms with Crippen LogP contribution < -0.4 is 5.73 Å². The lowest BCUT2D eigenvalue weighted by Gasteiger charge is -1.97. The molecular weight excluding hydrogens is 302 g/mol. The fourth-order valence-electron chi connectivity index (χ4n) is 1.55. The van der Waals surface area contributed by atoms with Crippen molar-refractivity contribution in [2.75, 3.05) is 0 Å². The van der Waals surface area contributed by atoms with Crippen molar-refractivity contribution in [2.24, 2.45) is 5.73 Å². The summed E-state index contributed by atoms with van der Waals surface area (Å²) in [4.78, 5) is 0.764. The first kappa shape index (κ1) is 10.8. The van der Waals surface area contributed by atoms with Crippen molar-refractivity contribution in [1.29, 1.82) is 0 Å². The van der Waals surface area contributed by atoms with Gasteiger partial charge < -0.3 is 5.73 Å². The molecule has 0 saturated heterocycles. The fraction of sp³-hybridized carbons (Fsp3) is 0.100. The van der Waals surface area contributed by atoms with E-state index in [4.69, 9.17) is 5.73 Å². The highest BCUT2D eigenvalue weighted by molar-refractivity contribution is 9.10. The molecule has 0 atom stereocenters. The van der Waals surface area contributed by atoms with Gasteiger partial charge >= 0.3 is 0 Å². The molecule has 1 aromatic carbocycles. The summed E-state index contributed by atoms with van der Waals surface area (Å²) >= 11 is 4.89. The molecule has 0 unspecified atom stereocenters. The molecule has 0 fully saturated rings. The van der Waals surface area contributed by atoms with Crippen LogP contribution in [0.2, 0.25) is 0 Å². The first-order valence-corrected chi connectivity index (χ1v) is 6.56. The maximum Gasteiger partial charge on any atom is 0.235 e. The monoisotopic (exact) mass is 309 g/mol. The number of hydrogen-bond acceptors (Lipinski definition) is 5. The van der Waals surface area contributed by atoms with Crippen LogP contribution in [0.3, 0.4) is 0 Å². The molecule has 2 heterocycles. The number of rotatable bonds is 2. The van der Waals surface area contributed by atoms with Crippen LogP contribution >= 0.6 is 27.3 Å². The summed E-state index contributed by atoms with van der Waals surface area (Å²) in [5.41, 5.74) is 6.54. The van der Waals surface area contributed by atoms with E-state index in [0.717, 1.165) is 25.8 Å². The largest absolute Gasteiger partial charge is 0.324 e. The molecule has 0 saturated carbocycles. The van der Waals surface area contributed by atoms with Crippen LogP contribution in [0.15, 0.2) is 28.7 Å². The summed E-state index contributed by atoms with van der Waals surface area (Å²) in [6.07, 6.45) is 0. The molecule has 2 N–H and O–H groups in total. The average Bonchev–Trinajstić information content (AvgIpc) is 2.87. The predicted octanol–water partition coefficient (Wildman–Crippen LogP) is 2.07. The van der Waals surface area contributed by atoms with Crippen molar-refractivity contribution in [3.63, 3.8) is 0 Å². The molecule has 0 spiro atoms. The third kappa shape index (κ3) is 1.86. The average molecular weight is 310 g/mol. The third-order valence-electron chi connectivity index (χ3n) is 2.29. The summed E-state index contributed by atoms with van der Waals surface area (Å²) in [5, 5.41) is 13.5. The van der Waals surface area contributed by atoms with Crippen molar-refractivity contribution in [3.8, 4) is 11.4 Å². The van der Waals surface area contributed by atoms with Gasteiger partial charge in [-0.15, -0.1) is 10.2 Å². The second kappa shape index (κ2) is 4.17. The Morgan fingerprint density at radius 1 is 1.35 bits per heavy atom. The van der Waals surface area contributed by atoms with E-state index in [1.54, 1.807) is 4.52 Å². The van der Waals surface area contributed by atoms with Gasteiger partial charge in [0.15, 0.2) is 5.82 Å². The number of nitrogens with zero attached hydrogens (tertiary/aromatic N) is 4. The fourth-order valence-corrected chi connectivity index (χ4v) is 2.66. The van der Waals surface area contributed by atoms with E-state index in [2.05, 4.69) is 31.2 Å². The maximum absolute atomic E-state index is 5.56. The molecule has 0 bridgehead atoms. The van der Waals surface area contributed by atoms with E-state index in [9.17, 15) is 0 Å². The van der Waals surface area contributed by atoms with Crippen LogP contribution in [-0.4, -0.2) is 19.8 Å². The van der Waals surface area contributed by atoms with Gasteiger partial charge in [0.05, 0.1) is 0 Å². The summed E-state index contributed by atoms with van der Waals surface area (Å²) < 4.78 is 2.73. The number of nitrogens with two attached hydrogens (primary N) is 1. The number of benzene rings is 1. The molecule has 86 valence electrons. The summed E-state index contributed by atoms with van der Waals surface area (Å²) in [6.45, 7) is 0.423. The molecule has 0 aliphatic carbocycles. The number of halogens is 1. The standard InChI is InChI=1S/C10H8BrN5S/c11-7-3-1-2-6(4-7)9-13-14-10-16(9)15-8(5-12)17-10/h1-4H,5,12H2. The van der Waals surface area contributed by atoms with Crippen molar-refractivity contribution < 1.29 is 0 Å². The highest BCUT2D eigenvalue weighted by Gasteiger charge is 2.12. The zero-order valence-electron chi connectivity index (χ0n) is 8.67. The highest BCUT2D eigenvalue weighted by atomic mass is 79.9. The minimum absolute atomic E-state index is 0.423. The van der Waals surface area contributed by atoms with Gasteiger partial charge in [0.25, 0.3) is 0 Å². The van der Waals surface area contributed by atoms with Gasteiger partial charge in [0.2, 0.25) is 4.96 Å². The van der Waals surface area contributed by atoms with Crippen molar-refractivity contribution in [2.45, 2.75) is 6.54 Å².